The second-order valence-corrected chi connectivity index (χ2v) is 8.98. The maximum Gasteiger partial charge on any atom is 0.340 e. The molecule has 0 saturated carbocycles. The lowest BCUT2D eigenvalue weighted by Crippen LogP contribution is -2.30. The molecule has 4 nitrogen and oxygen atoms in total. The van der Waals surface area contributed by atoms with Crippen molar-refractivity contribution in [3.05, 3.63) is 72.0 Å². The number of hydrogen-bond acceptors (Lipinski definition) is 5. The number of nitrogens with one attached hydrogen (secondary N) is 1. The number of carbonyl (C=O) groups is 2. The maximum absolute atomic E-state index is 12.8. The SMILES string of the molecule is C[C@H](OC(=O)/C(=C/c1cccs1)c1cccs1)C(=O)Nc1cc(Cl)c(Cl)cc1Cl. The van der Waals surface area contributed by atoms with Crippen LogP contribution in [0.3, 0.4) is 0 Å². The molecule has 0 aliphatic rings. The standard InChI is InChI=1S/C20H14Cl3NO3S2/c1-11(19(25)24-17-10-15(22)14(21)9-16(17)23)27-20(26)13(18-5-3-7-29-18)8-12-4-2-6-28-12/h2-11H,1H3,(H,24,25)/b13-8+/t11-/m0/s1. The Bertz CT molecular complexity index is 1050. The van der Waals surface area contributed by atoms with E-state index in [1.165, 1.54) is 41.7 Å². The lowest BCUT2D eigenvalue weighted by molar-refractivity contribution is -0.147. The van der Waals surface area contributed by atoms with Crippen molar-refractivity contribution >= 4 is 86.7 Å². The van der Waals surface area contributed by atoms with Crippen LogP contribution in [0.4, 0.5) is 5.69 Å². The fourth-order valence-electron chi connectivity index (χ4n) is 2.31. The number of benzene rings is 1. The van der Waals surface area contributed by atoms with Gasteiger partial charge < -0.3 is 10.1 Å². The summed E-state index contributed by atoms with van der Waals surface area (Å²) in [6, 6.07) is 10.3. The summed E-state index contributed by atoms with van der Waals surface area (Å²) in [6.45, 7) is 1.48. The molecular weight excluding hydrogens is 473 g/mol. The average molecular weight is 487 g/mol. The summed E-state index contributed by atoms with van der Waals surface area (Å²) >= 11 is 20.9. The second-order valence-electron chi connectivity index (χ2n) is 5.83. The third-order valence-corrected chi connectivity index (χ3v) is 6.51. The molecule has 0 fully saturated rings. The largest absolute Gasteiger partial charge is 0.449 e. The Morgan fingerprint density at radius 2 is 1.72 bits per heavy atom. The Kier molecular flexibility index (Phi) is 7.38. The molecule has 2 aromatic heterocycles. The van der Waals surface area contributed by atoms with Crippen LogP contribution >= 0.6 is 57.5 Å². The second kappa shape index (κ2) is 9.78. The van der Waals surface area contributed by atoms with Gasteiger partial charge in [0.05, 0.1) is 26.3 Å². The molecule has 1 atom stereocenters. The van der Waals surface area contributed by atoms with Gasteiger partial charge in [-0.25, -0.2) is 4.79 Å². The highest BCUT2D eigenvalue weighted by Crippen LogP contribution is 2.32. The van der Waals surface area contributed by atoms with Crippen molar-refractivity contribution in [2.24, 2.45) is 0 Å². The Balaban J connectivity index is 1.74. The van der Waals surface area contributed by atoms with Crippen LogP contribution in [0.25, 0.3) is 11.6 Å². The van der Waals surface area contributed by atoms with Crippen LogP contribution in [0.1, 0.15) is 16.7 Å². The minimum Gasteiger partial charge on any atom is -0.449 e. The maximum atomic E-state index is 12.8. The van der Waals surface area contributed by atoms with E-state index in [9.17, 15) is 9.59 Å². The summed E-state index contributed by atoms with van der Waals surface area (Å²) in [5, 5.41) is 7.12. The molecule has 150 valence electrons. The molecular formula is C20H14Cl3NO3S2. The van der Waals surface area contributed by atoms with E-state index in [0.29, 0.717) is 5.57 Å². The molecule has 0 unspecified atom stereocenters. The van der Waals surface area contributed by atoms with E-state index < -0.39 is 18.0 Å². The van der Waals surface area contributed by atoms with Gasteiger partial charge in [0, 0.05) is 9.75 Å². The summed E-state index contributed by atoms with van der Waals surface area (Å²) in [6.07, 6.45) is 0.693. The van der Waals surface area contributed by atoms with Gasteiger partial charge in [-0.1, -0.05) is 46.9 Å². The van der Waals surface area contributed by atoms with Crippen molar-refractivity contribution in [1.82, 2.24) is 0 Å². The molecule has 3 rings (SSSR count). The van der Waals surface area contributed by atoms with Crippen molar-refractivity contribution < 1.29 is 14.3 Å². The third kappa shape index (κ3) is 5.62. The predicted molar refractivity (Wildman–Crippen MR) is 122 cm³/mol. The lowest BCUT2D eigenvalue weighted by Gasteiger charge is -2.15. The van der Waals surface area contributed by atoms with Crippen LogP contribution < -0.4 is 5.32 Å². The number of anilines is 1. The number of halogens is 3. The van der Waals surface area contributed by atoms with E-state index in [1.807, 2.05) is 35.0 Å². The molecule has 29 heavy (non-hydrogen) atoms. The van der Waals surface area contributed by atoms with Gasteiger partial charge in [-0.2, -0.15) is 0 Å². The molecule has 0 bridgehead atoms. The monoisotopic (exact) mass is 485 g/mol. The van der Waals surface area contributed by atoms with Crippen LogP contribution in [0, 0.1) is 0 Å². The molecule has 1 N–H and O–H groups in total. The van der Waals surface area contributed by atoms with Gasteiger partial charge in [0.25, 0.3) is 5.91 Å². The minimum absolute atomic E-state index is 0.225. The van der Waals surface area contributed by atoms with Gasteiger partial charge in [-0.05, 0) is 48.0 Å². The van der Waals surface area contributed by atoms with Crippen molar-refractivity contribution in [1.29, 1.82) is 0 Å². The zero-order chi connectivity index (χ0) is 21.0. The summed E-state index contributed by atoms with van der Waals surface area (Å²) < 4.78 is 5.40. The topological polar surface area (TPSA) is 55.4 Å². The number of rotatable bonds is 6. The minimum atomic E-state index is -1.06. The number of thiophene rings is 2. The van der Waals surface area contributed by atoms with Gasteiger partial charge in [-0.15, -0.1) is 22.7 Å². The lowest BCUT2D eigenvalue weighted by atomic mass is 10.2. The zero-order valence-corrected chi connectivity index (χ0v) is 18.8. The first-order chi connectivity index (χ1) is 13.8. The first kappa shape index (κ1) is 21.9. The van der Waals surface area contributed by atoms with Crippen LogP contribution in [0.5, 0.6) is 0 Å². The van der Waals surface area contributed by atoms with E-state index in [4.69, 9.17) is 39.5 Å². The molecule has 0 saturated heterocycles. The van der Waals surface area contributed by atoms with Gasteiger partial charge in [-0.3, -0.25) is 4.79 Å². The van der Waals surface area contributed by atoms with Crippen LogP contribution in [-0.2, 0) is 14.3 Å². The molecule has 0 aliphatic carbocycles. The van der Waals surface area contributed by atoms with Crippen LogP contribution in [0.15, 0.2) is 47.2 Å². The van der Waals surface area contributed by atoms with Crippen molar-refractivity contribution in [3.63, 3.8) is 0 Å². The van der Waals surface area contributed by atoms with Gasteiger partial charge in [0.2, 0.25) is 0 Å². The number of hydrogen-bond donors (Lipinski definition) is 1. The van der Waals surface area contributed by atoms with Crippen molar-refractivity contribution in [2.45, 2.75) is 13.0 Å². The molecule has 0 radical (unpaired) electrons. The number of esters is 1. The average Bonchev–Trinajstić information content (AvgIpc) is 3.37. The van der Waals surface area contributed by atoms with Gasteiger partial charge in [0.15, 0.2) is 6.10 Å². The molecule has 0 spiro atoms. The normalized spacial score (nSPS) is 12.5. The third-order valence-electron chi connectivity index (χ3n) is 3.76. The van der Waals surface area contributed by atoms with Gasteiger partial charge >= 0.3 is 5.97 Å². The van der Waals surface area contributed by atoms with E-state index >= 15 is 0 Å². The molecule has 2 heterocycles. The smallest absolute Gasteiger partial charge is 0.340 e. The number of carbonyl (C=O) groups excluding carboxylic acids is 2. The predicted octanol–water partition coefficient (Wildman–Crippen LogP) is 6.88. The van der Waals surface area contributed by atoms with E-state index in [-0.39, 0.29) is 20.8 Å². The first-order valence-corrected chi connectivity index (χ1v) is 11.2. The Morgan fingerprint density at radius 3 is 2.38 bits per heavy atom. The fourth-order valence-corrected chi connectivity index (χ4v) is 4.29. The molecule has 3 aromatic rings. The Hall–Kier alpha value is -1.83. The highest BCUT2D eigenvalue weighted by molar-refractivity contribution is 7.12. The summed E-state index contributed by atoms with van der Waals surface area (Å²) in [5.74, 6) is -1.14. The van der Waals surface area contributed by atoms with E-state index in [2.05, 4.69) is 5.32 Å². The molecule has 0 aliphatic heterocycles. The van der Waals surface area contributed by atoms with Crippen molar-refractivity contribution in [2.75, 3.05) is 5.32 Å². The van der Waals surface area contributed by atoms with Crippen molar-refractivity contribution in [3.8, 4) is 0 Å². The highest BCUT2D eigenvalue weighted by atomic mass is 35.5. The summed E-state index contributed by atoms with van der Waals surface area (Å²) in [7, 11) is 0. The van der Waals surface area contributed by atoms with Gasteiger partial charge in [0.1, 0.15) is 0 Å². The fraction of sp³-hybridized carbons (Fsp3) is 0.100. The number of amides is 1. The Morgan fingerprint density at radius 1 is 1.03 bits per heavy atom. The van der Waals surface area contributed by atoms with Crippen LogP contribution in [-0.4, -0.2) is 18.0 Å². The van der Waals surface area contributed by atoms with Crippen LogP contribution in [0.2, 0.25) is 15.1 Å². The Labute approximate surface area is 190 Å². The molecule has 9 heteroatoms. The highest BCUT2D eigenvalue weighted by Gasteiger charge is 2.23. The number of ether oxygens (including phenoxy) is 1. The summed E-state index contributed by atoms with van der Waals surface area (Å²) in [5.41, 5.74) is 0.663. The molecule has 1 amide bonds. The summed E-state index contributed by atoms with van der Waals surface area (Å²) in [4.78, 5) is 26.9. The molecule has 1 aromatic carbocycles. The zero-order valence-electron chi connectivity index (χ0n) is 14.9. The quantitative estimate of drug-likeness (QED) is 0.235. The first-order valence-electron chi connectivity index (χ1n) is 8.30. The van der Waals surface area contributed by atoms with E-state index in [0.717, 1.165) is 9.75 Å². The van der Waals surface area contributed by atoms with E-state index in [1.54, 1.807) is 6.08 Å².